The Morgan fingerprint density at radius 2 is 0.551 bits per heavy atom. The van der Waals surface area contributed by atoms with Crippen molar-refractivity contribution >= 4 is 39.5 Å². The summed E-state index contributed by atoms with van der Waals surface area (Å²) < 4.78 is 68.3. The highest BCUT2D eigenvalue weighted by Crippen LogP contribution is 2.45. The Kier molecular flexibility index (Phi) is 66.7. The zero-order valence-electron chi connectivity index (χ0n) is 60.7. The van der Waals surface area contributed by atoms with Crippen molar-refractivity contribution in [2.75, 3.05) is 39.6 Å². The van der Waals surface area contributed by atoms with Crippen LogP contribution in [0.3, 0.4) is 0 Å². The molecule has 17 nitrogen and oxygen atoms in total. The number of aliphatic hydroxyl groups is 1. The second-order valence-corrected chi connectivity index (χ2v) is 27.0. The second-order valence-electron chi connectivity index (χ2n) is 24.1. The smallest absolute Gasteiger partial charge is 0.462 e. The van der Waals surface area contributed by atoms with E-state index in [9.17, 15) is 43.2 Å². The van der Waals surface area contributed by atoms with E-state index in [0.717, 1.165) is 180 Å². The first-order chi connectivity index (χ1) is 47.7. The van der Waals surface area contributed by atoms with Gasteiger partial charge in [-0.15, -0.1) is 0 Å². The van der Waals surface area contributed by atoms with Gasteiger partial charge < -0.3 is 33.8 Å². The molecule has 0 aliphatic carbocycles. The van der Waals surface area contributed by atoms with Crippen molar-refractivity contribution in [1.82, 2.24) is 0 Å². The highest BCUT2D eigenvalue weighted by atomic mass is 31.2. The van der Waals surface area contributed by atoms with Gasteiger partial charge in [0.15, 0.2) is 12.2 Å². The molecule has 0 aromatic rings. The van der Waals surface area contributed by atoms with Crippen molar-refractivity contribution in [3.8, 4) is 0 Å². The summed E-state index contributed by atoms with van der Waals surface area (Å²) in [5.74, 6) is -2.30. The molecule has 558 valence electrons. The Morgan fingerprint density at radius 3 is 0.898 bits per heavy atom. The summed E-state index contributed by atoms with van der Waals surface area (Å²) in [6, 6.07) is 0. The monoisotopic (exact) mass is 1410 g/mol. The molecule has 0 rings (SSSR count). The number of phosphoric acid groups is 2. The minimum absolute atomic E-state index is 0.0656. The molecule has 0 aliphatic heterocycles. The van der Waals surface area contributed by atoms with E-state index in [4.69, 9.17) is 37.0 Å². The van der Waals surface area contributed by atoms with E-state index in [1.165, 1.54) is 12.8 Å². The molecule has 0 bridgehead atoms. The maximum atomic E-state index is 13.1. The minimum Gasteiger partial charge on any atom is -0.462 e. The molecule has 19 heteroatoms. The number of hydrogen-bond donors (Lipinski definition) is 3. The molecule has 0 aromatic carbocycles. The number of hydrogen-bond acceptors (Lipinski definition) is 15. The van der Waals surface area contributed by atoms with E-state index in [0.29, 0.717) is 25.7 Å². The molecule has 5 atom stereocenters. The standard InChI is InChI=1S/C79H130O17P2/c1-5-9-13-17-21-25-29-32-34-35-36-37-39-42-45-48-52-56-60-64-77(82)90-70-75(96-79(84)66-62-58-54-50-46-40-31-27-23-19-15-11-7-3)72-94-98(87,88)92-68-73(80)67-91-97(85,86)93-71-74(95-78(83)65-61-57-53-49-43-28-24-20-16-12-8-4)69-89-76(81)63-59-55-51-47-44-41-38-33-30-26-22-18-14-10-6-2/h9-10,13-15,19-22,24-27,31-34,36-38,42,44-45,47,73-75,80H,5-8,11-12,16-18,23,28-30,35,39-41,43,46,48-72H2,1-4H3,(H,85,86)(H,87,88)/b13-9-,14-10-,19-15-,24-20-,25-21-,26-22-,31-27-,34-32-,37-36-,38-33-,45-42-,47-44-. The van der Waals surface area contributed by atoms with Gasteiger partial charge in [-0.05, 0) is 154 Å². The van der Waals surface area contributed by atoms with Gasteiger partial charge in [-0.3, -0.25) is 37.3 Å². The molecule has 0 saturated carbocycles. The lowest BCUT2D eigenvalue weighted by Gasteiger charge is -2.21. The molecule has 0 fully saturated rings. The van der Waals surface area contributed by atoms with Crippen LogP contribution in [0.25, 0.3) is 0 Å². The summed E-state index contributed by atoms with van der Waals surface area (Å²) >= 11 is 0. The third-order valence-corrected chi connectivity index (χ3v) is 16.7. The fourth-order valence-corrected chi connectivity index (χ4v) is 10.7. The molecule has 0 radical (unpaired) electrons. The molecule has 3 N–H and O–H groups in total. The number of aliphatic hydroxyl groups excluding tert-OH is 1. The third kappa shape index (κ3) is 69.4. The molecule has 0 saturated heterocycles. The molecule has 0 aliphatic rings. The number of ether oxygens (including phenoxy) is 4. The van der Waals surface area contributed by atoms with Crippen LogP contribution in [-0.4, -0.2) is 96.7 Å². The summed E-state index contributed by atoms with van der Waals surface area (Å²) in [4.78, 5) is 72.7. The number of allylic oxidation sites excluding steroid dienone is 24. The van der Waals surface area contributed by atoms with Crippen LogP contribution in [0.2, 0.25) is 0 Å². The van der Waals surface area contributed by atoms with Gasteiger partial charge in [0.25, 0.3) is 0 Å². The fourth-order valence-electron chi connectivity index (χ4n) is 9.14. The van der Waals surface area contributed by atoms with E-state index < -0.39 is 97.5 Å². The lowest BCUT2D eigenvalue weighted by molar-refractivity contribution is -0.161. The van der Waals surface area contributed by atoms with E-state index >= 15 is 0 Å². The van der Waals surface area contributed by atoms with E-state index in [2.05, 4.69) is 174 Å². The topological polar surface area (TPSA) is 237 Å². The lowest BCUT2D eigenvalue weighted by atomic mass is 10.1. The molecule has 0 spiro atoms. The van der Waals surface area contributed by atoms with Crippen LogP contribution in [0.5, 0.6) is 0 Å². The Labute approximate surface area is 592 Å². The summed E-state index contributed by atoms with van der Waals surface area (Å²) in [5.41, 5.74) is 0. The first kappa shape index (κ1) is 92.9. The number of unbranched alkanes of at least 4 members (excludes halogenated alkanes) is 18. The summed E-state index contributed by atoms with van der Waals surface area (Å²) in [7, 11) is -9.98. The van der Waals surface area contributed by atoms with Gasteiger partial charge in [-0.25, -0.2) is 9.13 Å². The van der Waals surface area contributed by atoms with Crippen molar-refractivity contribution in [1.29, 1.82) is 0 Å². The normalized spacial score (nSPS) is 14.8. The first-order valence-electron chi connectivity index (χ1n) is 37.1. The number of rotatable bonds is 68. The van der Waals surface area contributed by atoms with Gasteiger partial charge in [0, 0.05) is 25.7 Å². The van der Waals surface area contributed by atoms with Crippen molar-refractivity contribution in [3.63, 3.8) is 0 Å². The molecule has 0 heterocycles. The Bertz CT molecular complexity index is 2430. The van der Waals surface area contributed by atoms with Gasteiger partial charge in [0.2, 0.25) is 0 Å². The quantitative estimate of drug-likeness (QED) is 0.0169. The van der Waals surface area contributed by atoms with Crippen molar-refractivity contribution in [3.05, 3.63) is 146 Å². The lowest BCUT2D eigenvalue weighted by Crippen LogP contribution is -2.30. The van der Waals surface area contributed by atoms with Crippen LogP contribution >= 0.6 is 15.6 Å². The van der Waals surface area contributed by atoms with Crippen molar-refractivity contribution in [2.24, 2.45) is 0 Å². The zero-order chi connectivity index (χ0) is 71.8. The third-order valence-electron chi connectivity index (χ3n) is 14.7. The van der Waals surface area contributed by atoms with Crippen LogP contribution < -0.4 is 0 Å². The summed E-state index contributed by atoms with van der Waals surface area (Å²) in [5, 5.41) is 10.6. The number of carbonyl (C=O) groups is 4. The largest absolute Gasteiger partial charge is 0.472 e. The predicted octanol–water partition coefficient (Wildman–Crippen LogP) is 21.1. The second kappa shape index (κ2) is 70.4. The van der Waals surface area contributed by atoms with Crippen LogP contribution in [0, 0.1) is 0 Å². The van der Waals surface area contributed by atoms with Gasteiger partial charge in [0.1, 0.15) is 19.3 Å². The summed E-state index contributed by atoms with van der Waals surface area (Å²) in [6.07, 6.45) is 78.6. The molecule has 0 aromatic heterocycles. The molecular weight excluding hydrogens is 1280 g/mol. The maximum absolute atomic E-state index is 13.1. The van der Waals surface area contributed by atoms with Gasteiger partial charge in [0.05, 0.1) is 26.4 Å². The van der Waals surface area contributed by atoms with Crippen LogP contribution in [0.15, 0.2) is 146 Å². The van der Waals surface area contributed by atoms with Gasteiger partial charge in [-0.1, -0.05) is 238 Å². The maximum Gasteiger partial charge on any atom is 0.472 e. The average Bonchev–Trinajstić information content (AvgIpc) is 0.972. The van der Waals surface area contributed by atoms with Crippen molar-refractivity contribution < 1.29 is 80.2 Å². The van der Waals surface area contributed by atoms with Crippen LogP contribution in [-0.2, 0) is 65.4 Å². The molecule has 0 amide bonds. The Balaban J connectivity index is 5.40. The van der Waals surface area contributed by atoms with E-state index in [1.54, 1.807) is 0 Å². The van der Waals surface area contributed by atoms with Gasteiger partial charge in [-0.2, -0.15) is 0 Å². The highest BCUT2D eigenvalue weighted by Gasteiger charge is 2.30. The predicted molar refractivity (Wildman–Crippen MR) is 399 cm³/mol. The molecular formula is C79H130O17P2. The summed E-state index contributed by atoms with van der Waals surface area (Å²) in [6.45, 7) is 4.40. The SMILES string of the molecule is CC/C=C\C/C=C\C/C=C\C/C=C\C/C=C\CCCCCC(=O)OCC(COP(=O)(O)OCC(O)COP(=O)(O)OCC(COC(=O)CCCC/C=C\C/C=C\C/C=C\C/C=C\CC)OC(=O)CCCCCCC/C=C\CCCC)OC(=O)CCCCCCC/C=C\C/C=C\CCC. The number of esters is 4. The van der Waals surface area contributed by atoms with Crippen molar-refractivity contribution in [2.45, 2.75) is 290 Å². The molecule has 98 heavy (non-hydrogen) atoms. The fraction of sp³-hybridized carbons (Fsp3) is 0.646. The van der Waals surface area contributed by atoms with Crippen LogP contribution in [0.4, 0.5) is 0 Å². The Hall–Kier alpha value is -5.06. The van der Waals surface area contributed by atoms with E-state index in [1.807, 2.05) is 0 Å². The zero-order valence-corrected chi connectivity index (χ0v) is 62.4. The highest BCUT2D eigenvalue weighted by molar-refractivity contribution is 7.47. The van der Waals surface area contributed by atoms with Gasteiger partial charge >= 0.3 is 39.5 Å². The number of phosphoric ester groups is 2. The van der Waals surface area contributed by atoms with Crippen LogP contribution in [0.1, 0.15) is 272 Å². The average molecular weight is 1410 g/mol. The number of carbonyl (C=O) groups excluding carboxylic acids is 4. The van der Waals surface area contributed by atoms with E-state index in [-0.39, 0.29) is 25.7 Å². The first-order valence-corrected chi connectivity index (χ1v) is 40.1. The molecule has 5 unspecified atom stereocenters. The minimum atomic E-state index is -4.99. The Morgan fingerprint density at radius 1 is 0.296 bits per heavy atom.